The second-order valence-corrected chi connectivity index (χ2v) is 4.85. The molecule has 1 saturated heterocycles. The lowest BCUT2D eigenvalue weighted by atomic mass is 10.1. The van der Waals surface area contributed by atoms with Gasteiger partial charge in [0.15, 0.2) is 0 Å². The van der Waals surface area contributed by atoms with Crippen LogP contribution in [0.15, 0.2) is 24.3 Å². The van der Waals surface area contributed by atoms with Gasteiger partial charge in [-0.2, -0.15) is 0 Å². The molecule has 0 saturated carbocycles. The zero-order chi connectivity index (χ0) is 13.0. The van der Waals surface area contributed by atoms with E-state index in [0.717, 1.165) is 12.0 Å². The van der Waals surface area contributed by atoms with E-state index in [-0.39, 0.29) is 18.6 Å². The van der Waals surface area contributed by atoms with Crippen molar-refractivity contribution < 1.29 is 9.53 Å². The number of ether oxygens (including phenoxy) is 1. The number of nitrogens with zero attached hydrogens (tertiary/aromatic N) is 1. The van der Waals surface area contributed by atoms with Crippen molar-refractivity contribution in [3.63, 3.8) is 0 Å². The Labute approximate surface area is 112 Å². The maximum Gasteiger partial charge on any atom is 0.248 e. The van der Waals surface area contributed by atoms with Gasteiger partial charge in [0.2, 0.25) is 5.91 Å². The van der Waals surface area contributed by atoms with Crippen LogP contribution in [0.3, 0.4) is 0 Å². The van der Waals surface area contributed by atoms with Crippen molar-refractivity contribution in [2.75, 3.05) is 19.7 Å². The van der Waals surface area contributed by atoms with Crippen LogP contribution in [-0.4, -0.2) is 36.6 Å². The summed E-state index contributed by atoms with van der Waals surface area (Å²) in [5.74, 6) is 0.0261. The number of amides is 1. The zero-order valence-corrected chi connectivity index (χ0v) is 10.9. The van der Waals surface area contributed by atoms with Gasteiger partial charge in [-0.1, -0.05) is 23.7 Å². The summed E-state index contributed by atoms with van der Waals surface area (Å²) in [4.78, 5) is 13.6. The van der Waals surface area contributed by atoms with E-state index in [2.05, 4.69) is 0 Å². The van der Waals surface area contributed by atoms with Crippen molar-refractivity contribution in [3.8, 4) is 0 Å². The molecule has 0 bridgehead atoms. The molecule has 0 radical (unpaired) electrons. The summed E-state index contributed by atoms with van der Waals surface area (Å²) in [5, 5.41) is 0.702. The fourth-order valence-electron chi connectivity index (χ4n) is 2.00. The molecule has 1 aromatic carbocycles. The summed E-state index contributed by atoms with van der Waals surface area (Å²) < 4.78 is 5.43. The number of nitrogens with two attached hydrogens (primary N) is 1. The normalized spacial score (nSPS) is 20.2. The van der Waals surface area contributed by atoms with Crippen LogP contribution < -0.4 is 5.73 Å². The van der Waals surface area contributed by atoms with Crippen molar-refractivity contribution in [1.82, 2.24) is 4.90 Å². The van der Waals surface area contributed by atoms with Gasteiger partial charge in [-0.15, -0.1) is 0 Å². The third kappa shape index (κ3) is 3.45. The Morgan fingerprint density at radius 1 is 1.39 bits per heavy atom. The maximum absolute atomic E-state index is 11.8. The SMILES string of the molecule is NCCC1CN(Cc2ccc(Cl)cc2)C(=O)CO1. The van der Waals surface area contributed by atoms with E-state index in [4.69, 9.17) is 22.1 Å². The van der Waals surface area contributed by atoms with Gasteiger partial charge in [0.1, 0.15) is 6.61 Å². The molecule has 2 N–H and O–H groups in total. The average molecular weight is 269 g/mol. The fourth-order valence-corrected chi connectivity index (χ4v) is 2.13. The second kappa shape index (κ2) is 6.18. The number of hydrogen-bond acceptors (Lipinski definition) is 3. The highest BCUT2D eigenvalue weighted by molar-refractivity contribution is 6.30. The Hall–Kier alpha value is -1.10. The molecule has 0 aromatic heterocycles. The van der Waals surface area contributed by atoms with Crippen molar-refractivity contribution in [2.24, 2.45) is 5.73 Å². The van der Waals surface area contributed by atoms with Crippen LogP contribution in [0.5, 0.6) is 0 Å². The molecule has 4 nitrogen and oxygen atoms in total. The Morgan fingerprint density at radius 3 is 2.78 bits per heavy atom. The van der Waals surface area contributed by atoms with Crippen LogP contribution >= 0.6 is 11.6 Å². The number of carbonyl (C=O) groups is 1. The van der Waals surface area contributed by atoms with E-state index >= 15 is 0 Å². The van der Waals surface area contributed by atoms with Crippen molar-refractivity contribution >= 4 is 17.5 Å². The smallest absolute Gasteiger partial charge is 0.248 e. The highest BCUT2D eigenvalue weighted by Crippen LogP contribution is 2.15. The summed E-state index contributed by atoms with van der Waals surface area (Å²) >= 11 is 5.83. The van der Waals surface area contributed by atoms with E-state index in [9.17, 15) is 4.79 Å². The number of rotatable bonds is 4. The van der Waals surface area contributed by atoms with Gasteiger partial charge in [-0.05, 0) is 30.7 Å². The van der Waals surface area contributed by atoms with Gasteiger partial charge < -0.3 is 15.4 Å². The maximum atomic E-state index is 11.8. The first kappa shape index (κ1) is 13.3. The highest BCUT2D eigenvalue weighted by atomic mass is 35.5. The molecule has 1 aliphatic heterocycles. The van der Waals surface area contributed by atoms with E-state index in [1.165, 1.54) is 0 Å². The first-order valence-corrected chi connectivity index (χ1v) is 6.40. The molecule has 0 spiro atoms. The molecule has 1 aliphatic rings. The predicted molar refractivity (Wildman–Crippen MR) is 70.3 cm³/mol. The zero-order valence-electron chi connectivity index (χ0n) is 10.1. The number of carbonyl (C=O) groups excluding carboxylic acids is 1. The molecule has 1 atom stereocenters. The number of benzene rings is 1. The van der Waals surface area contributed by atoms with E-state index < -0.39 is 0 Å². The lowest BCUT2D eigenvalue weighted by Crippen LogP contribution is -2.46. The molecule has 1 unspecified atom stereocenters. The molecule has 1 amide bonds. The van der Waals surface area contributed by atoms with Gasteiger partial charge in [-0.25, -0.2) is 0 Å². The topological polar surface area (TPSA) is 55.6 Å². The largest absolute Gasteiger partial charge is 0.367 e. The molecule has 1 heterocycles. The Kier molecular flexibility index (Phi) is 4.58. The lowest BCUT2D eigenvalue weighted by Gasteiger charge is -2.32. The molecule has 18 heavy (non-hydrogen) atoms. The first-order chi connectivity index (χ1) is 8.69. The third-order valence-corrected chi connectivity index (χ3v) is 3.25. The van der Waals surface area contributed by atoms with Gasteiger partial charge in [0, 0.05) is 18.1 Å². The van der Waals surface area contributed by atoms with Crippen molar-refractivity contribution in [2.45, 2.75) is 19.1 Å². The molecule has 2 rings (SSSR count). The third-order valence-electron chi connectivity index (χ3n) is 2.99. The quantitative estimate of drug-likeness (QED) is 0.898. The Bertz CT molecular complexity index is 408. The lowest BCUT2D eigenvalue weighted by molar-refractivity contribution is -0.149. The van der Waals surface area contributed by atoms with Crippen LogP contribution in [0, 0.1) is 0 Å². The van der Waals surface area contributed by atoms with Crippen LogP contribution in [0.25, 0.3) is 0 Å². The summed E-state index contributed by atoms with van der Waals surface area (Å²) in [6.07, 6.45) is 0.838. The standard InChI is InChI=1S/C13H17ClN2O2/c14-11-3-1-10(2-4-11)7-16-8-12(5-6-15)18-9-13(16)17/h1-4,12H,5-9,15H2. The second-order valence-electron chi connectivity index (χ2n) is 4.41. The van der Waals surface area contributed by atoms with Gasteiger partial charge in [-0.3, -0.25) is 4.79 Å². The molecule has 5 heteroatoms. The van der Waals surface area contributed by atoms with Crippen LogP contribution in [0.2, 0.25) is 5.02 Å². The van der Waals surface area contributed by atoms with Crippen LogP contribution in [0.1, 0.15) is 12.0 Å². The monoisotopic (exact) mass is 268 g/mol. The summed E-state index contributed by atoms with van der Waals surface area (Å²) in [7, 11) is 0. The van der Waals surface area contributed by atoms with E-state index in [1.54, 1.807) is 0 Å². The Balaban J connectivity index is 1.98. The van der Waals surface area contributed by atoms with Crippen molar-refractivity contribution in [3.05, 3.63) is 34.9 Å². The minimum Gasteiger partial charge on any atom is -0.367 e. The molecule has 0 aliphatic carbocycles. The molecular weight excluding hydrogens is 252 g/mol. The van der Waals surface area contributed by atoms with Gasteiger partial charge >= 0.3 is 0 Å². The van der Waals surface area contributed by atoms with Gasteiger partial charge in [0.25, 0.3) is 0 Å². The van der Waals surface area contributed by atoms with Gasteiger partial charge in [0.05, 0.1) is 6.10 Å². The predicted octanol–water partition coefficient (Wildman–Crippen LogP) is 1.42. The number of halogens is 1. The van der Waals surface area contributed by atoms with E-state index in [1.807, 2.05) is 29.2 Å². The minimum atomic E-state index is 0.0261. The molecular formula is C13H17ClN2O2. The summed E-state index contributed by atoms with van der Waals surface area (Å²) in [6, 6.07) is 7.53. The van der Waals surface area contributed by atoms with E-state index in [0.29, 0.717) is 24.7 Å². The van der Waals surface area contributed by atoms with Crippen LogP contribution in [0.4, 0.5) is 0 Å². The number of morpholine rings is 1. The molecule has 1 fully saturated rings. The Morgan fingerprint density at radius 2 is 2.11 bits per heavy atom. The van der Waals surface area contributed by atoms with Crippen LogP contribution in [-0.2, 0) is 16.1 Å². The summed E-state index contributed by atoms with van der Waals surface area (Å²) in [6.45, 7) is 1.94. The average Bonchev–Trinajstić information content (AvgIpc) is 2.36. The first-order valence-electron chi connectivity index (χ1n) is 6.03. The van der Waals surface area contributed by atoms with Crippen molar-refractivity contribution in [1.29, 1.82) is 0 Å². The molecule has 1 aromatic rings. The summed E-state index contributed by atoms with van der Waals surface area (Å²) in [5.41, 5.74) is 6.58. The number of hydrogen-bond donors (Lipinski definition) is 1. The molecule has 98 valence electrons. The fraction of sp³-hybridized carbons (Fsp3) is 0.462. The minimum absolute atomic E-state index is 0.0261. The highest BCUT2D eigenvalue weighted by Gasteiger charge is 2.25.